The van der Waals surface area contributed by atoms with Crippen LogP contribution in [-0.4, -0.2) is 68.1 Å². The van der Waals surface area contributed by atoms with E-state index in [1.165, 1.54) is 0 Å². The van der Waals surface area contributed by atoms with Crippen LogP contribution in [0.1, 0.15) is 13.3 Å². The Morgan fingerprint density at radius 2 is 2.16 bits per heavy atom. The molecule has 1 amide bonds. The molecule has 2 N–H and O–H groups in total. The summed E-state index contributed by atoms with van der Waals surface area (Å²) in [6, 6.07) is -0.266. The Morgan fingerprint density at radius 3 is 2.63 bits per heavy atom. The molecule has 7 heteroatoms. The first-order valence-corrected chi connectivity index (χ1v) is 8.59. The minimum atomic E-state index is -3.02. The predicted octanol–water partition coefficient (Wildman–Crippen LogP) is -1.15. The van der Waals surface area contributed by atoms with Crippen molar-refractivity contribution < 1.29 is 18.3 Å². The zero-order valence-electron chi connectivity index (χ0n) is 11.2. The van der Waals surface area contributed by atoms with Gasteiger partial charge in [-0.2, -0.15) is 0 Å². The number of aliphatic hydroxyl groups excluding tert-OH is 1. The van der Waals surface area contributed by atoms with E-state index in [2.05, 4.69) is 5.32 Å². The zero-order chi connectivity index (χ0) is 14.0. The molecule has 3 atom stereocenters. The van der Waals surface area contributed by atoms with Crippen molar-refractivity contribution in [1.29, 1.82) is 0 Å². The SMILES string of the molecule is CC1CNCC1C(=O)N(CCO)C1CCS(=O)(=O)C1. The molecule has 2 fully saturated rings. The lowest BCUT2D eigenvalue weighted by Gasteiger charge is -2.31. The number of nitrogens with one attached hydrogen (secondary N) is 1. The molecule has 2 aliphatic heterocycles. The molecule has 19 heavy (non-hydrogen) atoms. The highest BCUT2D eigenvalue weighted by Crippen LogP contribution is 2.24. The van der Waals surface area contributed by atoms with E-state index in [0.717, 1.165) is 6.54 Å². The quantitative estimate of drug-likeness (QED) is 0.683. The highest BCUT2D eigenvalue weighted by atomic mass is 32.2. The Balaban J connectivity index is 2.09. The van der Waals surface area contributed by atoms with Crippen LogP contribution in [0.2, 0.25) is 0 Å². The van der Waals surface area contributed by atoms with Crippen LogP contribution in [-0.2, 0) is 14.6 Å². The van der Waals surface area contributed by atoms with Crippen molar-refractivity contribution in [3.05, 3.63) is 0 Å². The summed E-state index contributed by atoms with van der Waals surface area (Å²) >= 11 is 0. The largest absolute Gasteiger partial charge is 0.395 e. The van der Waals surface area contributed by atoms with Gasteiger partial charge in [-0.1, -0.05) is 6.92 Å². The molecule has 2 saturated heterocycles. The third-order valence-corrected chi connectivity index (χ3v) is 5.86. The molecule has 0 aliphatic carbocycles. The van der Waals surface area contributed by atoms with Crippen molar-refractivity contribution in [2.75, 3.05) is 37.7 Å². The third kappa shape index (κ3) is 3.27. The maximum Gasteiger partial charge on any atom is 0.227 e. The van der Waals surface area contributed by atoms with Crippen molar-refractivity contribution >= 4 is 15.7 Å². The van der Waals surface area contributed by atoms with Gasteiger partial charge in [0.25, 0.3) is 0 Å². The van der Waals surface area contributed by atoms with Gasteiger partial charge in [-0.3, -0.25) is 4.79 Å². The van der Waals surface area contributed by atoms with Crippen LogP contribution in [0.4, 0.5) is 0 Å². The second-order valence-electron chi connectivity index (χ2n) is 5.55. The molecule has 0 aromatic rings. The van der Waals surface area contributed by atoms with E-state index in [1.54, 1.807) is 4.90 Å². The summed E-state index contributed by atoms with van der Waals surface area (Å²) in [5.41, 5.74) is 0. The number of hydrogen-bond acceptors (Lipinski definition) is 5. The van der Waals surface area contributed by atoms with Gasteiger partial charge in [0.1, 0.15) is 0 Å². The van der Waals surface area contributed by atoms with E-state index in [4.69, 9.17) is 5.11 Å². The van der Waals surface area contributed by atoms with E-state index in [9.17, 15) is 13.2 Å². The molecule has 0 bridgehead atoms. The monoisotopic (exact) mass is 290 g/mol. The van der Waals surface area contributed by atoms with E-state index >= 15 is 0 Å². The first kappa shape index (κ1) is 14.7. The lowest BCUT2D eigenvalue weighted by molar-refractivity contribution is -0.138. The molecule has 2 rings (SSSR count). The van der Waals surface area contributed by atoms with Crippen molar-refractivity contribution in [2.45, 2.75) is 19.4 Å². The molecule has 2 aliphatic rings. The first-order valence-electron chi connectivity index (χ1n) is 6.77. The van der Waals surface area contributed by atoms with Gasteiger partial charge in [0, 0.05) is 19.1 Å². The molecule has 110 valence electrons. The van der Waals surface area contributed by atoms with Crippen molar-refractivity contribution in [1.82, 2.24) is 10.2 Å². The average Bonchev–Trinajstić information content (AvgIpc) is 2.91. The van der Waals surface area contributed by atoms with Gasteiger partial charge in [-0.15, -0.1) is 0 Å². The molecule has 3 unspecified atom stereocenters. The maximum absolute atomic E-state index is 12.5. The normalized spacial score (nSPS) is 33.5. The number of amides is 1. The predicted molar refractivity (Wildman–Crippen MR) is 71.4 cm³/mol. The van der Waals surface area contributed by atoms with Gasteiger partial charge in [0.2, 0.25) is 5.91 Å². The van der Waals surface area contributed by atoms with E-state index in [0.29, 0.717) is 13.0 Å². The minimum Gasteiger partial charge on any atom is -0.395 e. The van der Waals surface area contributed by atoms with Gasteiger partial charge in [-0.05, 0) is 18.9 Å². The van der Waals surface area contributed by atoms with Crippen LogP contribution >= 0.6 is 0 Å². The number of nitrogens with zero attached hydrogens (tertiary/aromatic N) is 1. The summed E-state index contributed by atoms with van der Waals surface area (Å²) in [7, 11) is -3.02. The molecular formula is C12H22N2O4S. The first-order chi connectivity index (χ1) is 8.94. The van der Waals surface area contributed by atoms with Gasteiger partial charge < -0.3 is 15.3 Å². The highest BCUT2D eigenvalue weighted by molar-refractivity contribution is 7.91. The molecule has 0 radical (unpaired) electrons. The van der Waals surface area contributed by atoms with Gasteiger partial charge in [0.15, 0.2) is 9.84 Å². The Morgan fingerprint density at radius 1 is 1.42 bits per heavy atom. The molecule has 2 heterocycles. The van der Waals surface area contributed by atoms with Crippen LogP contribution < -0.4 is 5.32 Å². The Kier molecular flexibility index (Phi) is 4.47. The van der Waals surface area contributed by atoms with Crippen molar-refractivity contribution in [2.24, 2.45) is 11.8 Å². The standard InChI is InChI=1S/C12H22N2O4S/c1-9-6-13-7-11(9)12(16)14(3-4-15)10-2-5-19(17,18)8-10/h9-11,13,15H,2-8H2,1H3. The number of carbonyl (C=O) groups is 1. The number of carbonyl (C=O) groups excluding carboxylic acids is 1. The lowest BCUT2D eigenvalue weighted by atomic mass is 9.96. The van der Waals surface area contributed by atoms with E-state index in [-0.39, 0.29) is 48.4 Å². The fourth-order valence-electron chi connectivity index (χ4n) is 2.96. The van der Waals surface area contributed by atoms with Crippen LogP contribution in [0.3, 0.4) is 0 Å². The minimum absolute atomic E-state index is 0.0198. The number of aliphatic hydroxyl groups is 1. The summed E-state index contributed by atoms with van der Waals surface area (Å²) in [6.07, 6.45) is 0.489. The van der Waals surface area contributed by atoms with Crippen molar-refractivity contribution in [3.63, 3.8) is 0 Å². The molecule has 0 spiro atoms. The second kappa shape index (κ2) is 5.76. The fourth-order valence-corrected chi connectivity index (χ4v) is 4.69. The molecule has 6 nitrogen and oxygen atoms in total. The summed E-state index contributed by atoms with van der Waals surface area (Å²) in [6.45, 7) is 3.57. The zero-order valence-corrected chi connectivity index (χ0v) is 12.0. The van der Waals surface area contributed by atoms with Crippen LogP contribution in [0.15, 0.2) is 0 Å². The van der Waals surface area contributed by atoms with E-state index in [1.807, 2.05) is 6.92 Å². The topological polar surface area (TPSA) is 86.7 Å². The van der Waals surface area contributed by atoms with Gasteiger partial charge in [-0.25, -0.2) is 8.42 Å². The maximum atomic E-state index is 12.5. The number of sulfone groups is 1. The van der Waals surface area contributed by atoms with Crippen LogP contribution in [0, 0.1) is 11.8 Å². The van der Waals surface area contributed by atoms with Crippen molar-refractivity contribution in [3.8, 4) is 0 Å². The summed E-state index contributed by atoms with van der Waals surface area (Å²) in [4.78, 5) is 14.1. The smallest absolute Gasteiger partial charge is 0.227 e. The summed E-state index contributed by atoms with van der Waals surface area (Å²) < 4.78 is 23.1. The van der Waals surface area contributed by atoms with Gasteiger partial charge in [0.05, 0.1) is 24.0 Å². The molecule has 0 aromatic carbocycles. The summed E-state index contributed by atoms with van der Waals surface area (Å²) in [5.74, 6) is 0.314. The van der Waals surface area contributed by atoms with Crippen LogP contribution in [0.25, 0.3) is 0 Å². The number of rotatable bonds is 4. The molecule has 0 saturated carbocycles. The van der Waals surface area contributed by atoms with Gasteiger partial charge >= 0.3 is 0 Å². The number of hydrogen-bond donors (Lipinski definition) is 2. The lowest BCUT2D eigenvalue weighted by Crippen LogP contribution is -2.47. The summed E-state index contributed by atoms with van der Waals surface area (Å²) in [5, 5.41) is 12.3. The Labute approximate surface area is 114 Å². The van der Waals surface area contributed by atoms with E-state index < -0.39 is 9.84 Å². The highest BCUT2D eigenvalue weighted by Gasteiger charge is 2.39. The second-order valence-corrected chi connectivity index (χ2v) is 7.78. The Bertz CT molecular complexity index is 437. The fraction of sp³-hybridized carbons (Fsp3) is 0.917. The average molecular weight is 290 g/mol. The molecule has 0 aromatic heterocycles. The van der Waals surface area contributed by atoms with Crippen LogP contribution in [0.5, 0.6) is 0 Å². The third-order valence-electron chi connectivity index (χ3n) is 4.11. The Hall–Kier alpha value is -0.660. The molecular weight excluding hydrogens is 268 g/mol.